The van der Waals surface area contributed by atoms with E-state index in [4.69, 9.17) is 33.8 Å². The summed E-state index contributed by atoms with van der Waals surface area (Å²) in [4.78, 5) is 25.1. The Hall–Kier alpha value is -8.55. The zero-order valence-corrected chi connectivity index (χ0v) is 33.1. The standard InChI is InChI=1S/C55H33N5O2/c1-3-13-34(14-4-1)53-58-54(35-15-5-2-6-16-35)60-55(59-53)40-30-38(47-32-36(25-27-56-47)41-19-11-21-45-43-17-7-9-23-49(43)61-51(41)45)29-39(31-40)48-33-37(26-28-57-48)42-20-12-22-46-44-18-8-10-24-50(44)62-52(42)46/h1-33H. The molecule has 0 atom stereocenters. The normalized spacial score (nSPS) is 11.5. The van der Waals surface area contributed by atoms with E-state index in [0.717, 1.165) is 105 Å². The number of aromatic nitrogens is 5. The number of rotatable bonds is 7. The average molecular weight is 796 g/mol. The molecular formula is C55H33N5O2. The molecule has 12 rings (SSSR count). The molecule has 0 aliphatic carbocycles. The molecule has 7 nitrogen and oxygen atoms in total. The predicted octanol–water partition coefficient (Wildman–Crippen LogP) is 14.1. The minimum absolute atomic E-state index is 0.534. The number of hydrogen-bond acceptors (Lipinski definition) is 7. The molecule has 5 aromatic heterocycles. The maximum atomic E-state index is 6.47. The molecule has 62 heavy (non-hydrogen) atoms. The van der Waals surface area contributed by atoms with Crippen LogP contribution in [0.1, 0.15) is 0 Å². The summed E-state index contributed by atoms with van der Waals surface area (Å²) in [5.41, 5.74) is 13.3. The van der Waals surface area contributed by atoms with Crippen molar-refractivity contribution in [3.8, 4) is 78.9 Å². The lowest BCUT2D eigenvalue weighted by Crippen LogP contribution is -2.00. The molecule has 0 unspecified atom stereocenters. The third-order valence-electron chi connectivity index (χ3n) is 11.4. The van der Waals surface area contributed by atoms with E-state index in [2.05, 4.69) is 78.9 Å². The van der Waals surface area contributed by atoms with Crippen LogP contribution in [0.25, 0.3) is 123 Å². The smallest absolute Gasteiger partial charge is 0.164 e. The molecule has 0 aliphatic heterocycles. The first-order chi connectivity index (χ1) is 30.7. The Morgan fingerprint density at radius 2 is 0.694 bits per heavy atom. The zero-order chi connectivity index (χ0) is 41.0. The summed E-state index contributed by atoms with van der Waals surface area (Å²) < 4.78 is 12.9. The molecule has 290 valence electrons. The number of pyridine rings is 2. The fourth-order valence-electron chi connectivity index (χ4n) is 8.45. The molecule has 0 spiro atoms. The van der Waals surface area contributed by atoms with Gasteiger partial charge in [-0.15, -0.1) is 0 Å². The highest BCUT2D eigenvalue weighted by molar-refractivity contribution is 6.10. The van der Waals surface area contributed by atoms with Crippen LogP contribution in [0.15, 0.2) is 209 Å². The fraction of sp³-hybridized carbons (Fsp3) is 0. The van der Waals surface area contributed by atoms with Gasteiger partial charge in [-0.1, -0.05) is 133 Å². The van der Waals surface area contributed by atoms with Crippen LogP contribution in [0.4, 0.5) is 0 Å². The van der Waals surface area contributed by atoms with Gasteiger partial charge in [0.25, 0.3) is 0 Å². The summed E-state index contributed by atoms with van der Waals surface area (Å²) in [6.45, 7) is 0. The van der Waals surface area contributed by atoms with E-state index in [-0.39, 0.29) is 0 Å². The molecule has 7 aromatic carbocycles. The van der Waals surface area contributed by atoms with Crippen LogP contribution in [-0.4, -0.2) is 24.9 Å². The Kier molecular flexibility index (Phi) is 8.35. The second kappa shape index (κ2) is 14.6. The van der Waals surface area contributed by atoms with Gasteiger partial charge >= 0.3 is 0 Å². The van der Waals surface area contributed by atoms with E-state index in [9.17, 15) is 0 Å². The van der Waals surface area contributed by atoms with E-state index >= 15 is 0 Å². The van der Waals surface area contributed by atoms with Crippen molar-refractivity contribution in [3.05, 3.63) is 200 Å². The average Bonchev–Trinajstić information content (AvgIpc) is 3.93. The van der Waals surface area contributed by atoms with Gasteiger partial charge in [-0.25, -0.2) is 15.0 Å². The lowest BCUT2D eigenvalue weighted by Gasteiger charge is -2.13. The molecule has 7 heteroatoms. The maximum absolute atomic E-state index is 6.47. The van der Waals surface area contributed by atoms with Gasteiger partial charge in [0, 0.05) is 72.9 Å². The van der Waals surface area contributed by atoms with Crippen molar-refractivity contribution in [2.75, 3.05) is 0 Å². The second-order valence-corrected chi connectivity index (χ2v) is 15.3. The summed E-state index contributed by atoms with van der Waals surface area (Å²) in [6, 6.07) is 63.6. The number of para-hydroxylation sites is 4. The number of fused-ring (bicyclic) bond motifs is 6. The summed E-state index contributed by atoms with van der Waals surface area (Å²) in [6.07, 6.45) is 3.71. The lowest BCUT2D eigenvalue weighted by atomic mass is 9.96. The first-order valence-electron chi connectivity index (χ1n) is 20.5. The third-order valence-corrected chi connectivity index (χ3v) is 11.4. The van der Waals surface area contributed by atoms with Gasteiger partial charge in [0.1, 0.15) is 22.3 Å². The van der Waals surface area contributed by atoms with E-state index in [1.54, 1.807) is 0 Å². The highest BCUT2D eigenvalue weighted by atomic mass is 16.3. The van der Waals surface area contributed by atoms with Crippen LogP contribution >= 0.6 is 0 Å². The Morgan fingerprint density at radius 1 is 0.290 bits per heavy atom. The molecule has 12 aromatic rings. The Morgan fingerprint density at radius 3 is 1.18 bits per heavy atom. The third kappa shape index (κ3) is 6.19. The number of nitrogens with zero attached hydrogens (tertiary/aromatic N) is 5. The van der Waals surface area contributed by atoms with Crippen molar-refractivity contribution in [1.29, 1.82) is 0 Å². The Balaban J connectivity index is 1.05. The van der Waals surface area contributed by atoms with Gasteiger partial charge in [-0.2, -0.15) is 0 Å². The molecular weight excluding hydrogens is 763 g/mol. The molecule has 0 fully saturated rings. The minimum atomic E-state index is 0.534. The molecule has 5 heterocycles. The van der Waals surface area contributed by atoms with Crippen molar-refractivity contribution >= 4 is 43.9 Å². The van der Waals surface area contributed by atoms with Crippen molar-refractivity contribution < 1.29 is 8.83 Å². The van der Waals surface area contributed by atoms with E-state index in [1.807, 2.05) is 122 Å². The fourth-order valence-corrected chi connectivity index (χ4v) is 8.45. The molecule has 0 aliphatic rings. The van der Waals surface area contributed by atoms with Crippen molar-refractivity contribution in [1.82, 2.24) is 24.9 Å². The topological polar surface area (TPSA) is 90.7 Å². The van der Waals surface area contributed by atoms with Gasteiger partial charge in [0.2, 0.25) is 0 Å². The van der Waals surface area contributed by atoms with Gasteiger partial charge in [0.05, 0.1) is 11.4 Å². The minimum Gasteiger partial charge on any atom is -0.455 e. The van der Waals surface area contributed by atoms with E-state index in [0.29, 0.717) is 17.5 Å². The van der Waals surface area contributed by atoms with Crippen LogP contribution in [0, 0.1) is 0 Å². The lowest BCUT2D eigenvalue weighted by molar-refractivity contribution is 0.669. The van der Waals surface area contributed by atoms with Crippen molar-refractivity contribution in [2.45, 2.75) is 0 Å². The van der Waals surface area contributed by atoms with Gasteiger partial charge in [-0.05, 0) is 65.7 Å². The second-order valence-electron chi connectivity index (χ2n) is 15.3. The largest absolute Gasteiger partial charge is 0.455 e. The van der Waals surface area contributed by atoms with Crippen molar-refractivity contribution in [3.63, 3.8) is 0 Å². The van der Waals surface area contributed by atoms with Crippen LogP contribution in [0.2, 0.25) is 0 Å². The summed E-state index contributed by atoms with van der Waals surface area (Å²) in [5, 5.41) is 4.32. The number of furan rings is 2. The molecule has 0 radical (unpaired) electrons. The van der Waals surface area contributed by atoms with Crippen molar-refractivity contribution in [2.24, 2.45) is 0 Å². The zero-order valence-electron chi connectivity index (χ0n) is 33.1. The highest BCUT2D eigenvalue weighted by Crippen LogP contribution is 2.40. The van der Waals surface area contributed by atoms with Crippen LogP contribution in [0.5, 0.6) is 0 Å². The summed E-state index contributed by atoms with van der Waals surface area (Å²) in [7, 11) is 0. The van der Waals surface area contributed by atoms with E-state index in [1.165, 1.54) is 0 Å². The first-order valence-corrected chi connectivity index (χ1v) is 20.5. The van der Waals surface area contributed by atoms with Gasteiger partial charge in [0.15, 0.2) is 17.5 Å². The van der Waals surface area contributed by atoms with Crippen LogP contribution < -0.4 is 0 Å². The number of benzene rings is 7. The predicted molar refractivity (Wildman–Crippen MR) is 248 cm³/mol. The molecule has 0 amide bonds. The Bertz CT molecular complexity index is 3420. The summed E-state index contributed by atoms with van der Waals surface area (Å²) >= 11 is 0. The maximum Gasteiger partial charge on any atom is 0.164 e. The monoisotopic (exact) mass is 795 g/mol. The molecule has 0 saturated carbocycles. The molecule has 0 N–H and O–H groups in total. The van der Waals surface area contributed by atoms with Gasteiger partial charge < -0.3 is 8.83 Å². The van der Waals surface area contributed by atoms with Crippen LogP contribution in [0.3, 0.4) is 0 Å². The quantitative estimate of drug-likeness (QED) is 0.159. The Labute approximate surface area is 355 Å². The first kappa shape index (κ1) is 35.4. The van der Waals surface area contributed by atoms with Crippen LogP contribution in [-0.2, 0) is 0 Å². The summed E-state index contributed by atoms with van der Waals surface area (Å²) in [5.74, 6) is 1.70. The van der Waals surface area contributed by atoms with Gasteiger partial charge in [-0.3, -0.25) is 9.97 Å². The molecule has 0 bridgehead atoms. The molecule has 0 saturated heterocycles. The number of hydrogen-bond donors (Lipinski definition) is 0. The highest BCUT2D eigenvalue weighted by Gasteiger charge is 2.19. The van der Waals surface area contributed by atoms with E-state index < -0.39 is 0 Å². The SMILES string of the molecule is c1ccc(-c2nc(-c3ccccc3)nc(-c3cc(-c4cc(-c5cccc6c5oc5ccccc56)ccn4)cc(-c4cc(-c5cccc6c5oc5ccccc56)ccn4)c3)n2)cc1.